The molecule has 4 aromatic rings. The van der Waals surface area contributed by atoms with Crippen LogP contribution in [0.1, 0.15) is 38.4 Å². The molecule has 1 aromatic carbocycles. The van der Waals surface area contributed by atoms with Crippen LogP contribution in [0.4, 0.5) is 0 Å². The summed E-state index contributed by atoms with van der Waals surface area (Å²) in [5.74, 6) is 2.07. The fraction of sp³-hybridized carbons (Fsp3) is 0.333. The van der Waals surface area contributed by atoms with Crippen LogP contribution in [0.15, 0.2) is 38.4 Å². The van der Waals surface area contributed by atoms with E-state index < -0.39 is 0 Å². The lowest BCUT2D eigenvalue weighted by molar-refractivity contribution is 0.347. The average molecular weight is 366 g/mol. The van der Waals surface area contributed by atoms with Crippen LogP contribution in [-0.2, 0) is 18.3 Å². The van der Waals surface area contributed by atoms with Gasteiger partial charge in [0.2, 0.25) is 17.6 Å². The molecule has 0 aliphatic heterocycles. The van der Waals surface area contributed by atoms with Crippen LogP contribution in [0.2, 0.25) is 0 Å². The van der Waals surface area contributed by atoms with Crippen molar-refractivity contribution in [3.05, 3.63) is 52.5 Å². The minimum atomic E-state index is -0.211. The molecule has 0 spiro atoms. The predicted octanol–water partition coefficient (Wildman–Crippen LogP) is 2.44. The van der Waals surface area contributed by atoms with E-state index in [9.17, 15) is 4.79 Å². The Morgan fingerprint density at radius 1 is 1.04 bits per heavy atom. The fourth-order valence-corrected chi connectivity index (χ4v) is 2.56. The van der Waals surface area contributed by atoms with E-state index in [0.717, 1.165) is 0 Å². The minimum Gasteiger partial charge on any atom is -0.339 e. The van der Waals surface area contributed by atoms with Crippen molar-refractivity contribution < 1.29 is 9.05 Å². The van der Waals surface area contributed by atoms with Crippen LogP contribution in [0.5, 0.6) is 0 Å². The first-order valence-electron chi connectivity index (χ1n) is 8.53. The fourth-order valence-electron chi connectivity index (χ4n) is 2.56. The van der Waals surface area contributed by atoms with Crippen molar-refractivity contribution in [1.29, 1.82) is 0 Å². The van der Waals surface area contributed by atoms with Crippen molar-refractivity contribution in [2.45, 2.75) is 39.0 Å². The van der Waals surface area contributed by atoms with E-state index in [1.807, 2.05) is 20.8 Å². The second-order valence-electron chi connectivity index (χ2n) is 7.24. The molecule has 0 fully saturated rings. The lowest BCUT2D eigenvalue weighted by atomic mass is 9.96. The van der Waals surface area contributed by atoms with Gasteiger partial charge in [-0.15, -0.1) is 0 Å². The second-order valence-corrected chi connectivity index (χ2v) is 7.24. The van der Waals surface area contributed by atoms with E-state index in [0.29, 0.717) is 52.7 Å². The Labute approximate surface area is 153 Å². The summed E-state index contributed by atoms with van der Waals surface area (Å²) in [5.41, 5.74) is 0.917. The van der Waals surface area contributed by atoms with Gasteiger partial charge < -0.3 is 14.0 Å². The number of nitrogens with zero attached hydrogens (tertiary/aromatic N) is 5. The van der Waals surface area contributed by atoms with Crippen LogP contribution in [0, 0.1) is 0 Å². The zero-order chi connectivity index (χ0) is 19.0. The number of aromatic nitrogens is 6. The SMILES string of the molecule is CC(C)(C)c1noc(CCc2nc(-c3ccc4nc[nH]c(=O)c4c3)no2)n1. The monoisotopic (exact) mass is 366 g/mol. The maximum absolute atomic E-state index is 11.9. The first-order chi connectivity index (χ1) is 12.9. The number of H-pyrrole nitrogens is 1. The number of rotatable bonds is 4. The smallest absolute Gasteiger partial charge is 0.258 e. The molecule has 0 aliphatic rings. The van der Waals surface area contributed by atoms with E-state index in [4.69, 9.17) is 9.05 Å². The lowest BCUT2D eigenvalue weighted by Gasteiger charge is -2.10. The van der Waals surface area contributed by atoms with E-state index in [-0.39, 0.29) is 11.0 Å². The van der Waals surface area contributed by atoms with Crippen molar-refractivity contribution in [3.63, 3.8) is 0 Å². The van der Waals surface area contributed by atoms with Crippen LogP contribution in [-0.4, -0.2) is 30.2 Å². The Morgan fingerprint density at radius 2 is 1.78 bits per heavy atom. The van der Waals surface area contributed by atoms with Crippen LogP contribution >= 0.6 is 0 Å². The molecule has 0 bridgehead atoms. The molecular formula is C18H18N6O3. The Morgan fingerprint density at radius 3 is 2.52 bits per heavy atom. The standard InChI is InChI=1S/C18H18N6O3/c1-18(2,3)17-22-14(27-24-17)7-6-13-21-15(23-26-13)10-4-5-12-11(8-10)16(25)20-9-19-12/h4-5,8-9H,6-7H2,1-3H3,(H,19,20,25). The summed E-state index contributed by atoms with van der Waals surface area (Å²) in [6.45, 7) is 6.07. The van der Waals surface area contributed by atoms with Gasteiger partial charge in [-0.1, -0.05) is 31.1 Å². The highest BCUT2D eigenvalue weighted by Crippen LogP contribution is 2.21. The second kappa shape index (κ2) is 6.42. The Kier molecular flexibility index (Phi) is 4.06. The number of aromatic amines is 1. The van der Waals surface area contributed by atoms with Crippen LogP contribution < -0.4 is 5.56 Å². The van der Waals surface area contributed by atoms with Gasteiger partial charge in [0.1, 0.15) is 0 Å². The van der Waals surface area contributed by atoms with Gasteiger partial charge in [-0.2, -0.15) is 9.97 Å². The Balaban J connectivity index is 1.51. The zero-order valence-corrected chi connectivity index (χ0v) is 15.2. The van der Waals surface area contributed by atoms with E-state index in [2.05, 4.69) is 30.2 Å². The van der Waals surface area contributed by atoms with Gasteiger partial charge in [0.15, 0.2) is 5.82 Å². The van der Waals surface area contributed by atoms with Crippen molar-refractivity contribution in [2.24, 2.45) is 0 Å². The molecule has 3 heterocycles. The van der Waals surface area contributed by atoms with E-state index in [1.54, 1.807) is 18.2 Å². The summed E-state index contributed by atoms with van der Waals surface area (Å²) in [6.07, 6.45) is 2.36. The van der Waals surface area contributed by atoms with E-state index in [1.165, 1.54) is 6.33 Å². The Hall–Kier alpha value is -3.36. The summed E-state index contributed by atoms with van der Waals surface area (Å²) in [6, 6.07) is 5.25. The average Bonchev–Trinajstić information content (AvgIpc) is 3.29. The predicted molar refractivity (Wildman–Crippen MR) is 96.1 cm³/mol. The third-order valence-corrected chi connectivity index (χ3v) is 4.06. The van der Waals surface area contributed by atoms with Gasteiger partial charge in [-0.25, -0.2) is 4.98 Å². The highest BCUT2D eigenvalue weighted by molar-refractivity contribution is 5.82. The minimum absolute atomic E-state index is 0.164. The number of fused-ring (bicyclic) bond motifs is 1. The number of hydrogen-bond acceptors (Lipinski definition) is 8. The highest BCUT2D eigenvalue weighted by Gasteiger charge is 2.21. The van der Waals surface area contributed by atoms with Gasteiger partial charge in [-0.05, 0) is 18.2 Å². The summed E-state index contributed by atoms with van der Waals surface area (Å²) < 4.78 is 10.6. The Bertz CT molecular complexity index is 1150. The van der Waals surface area contributed by atoms with Crippen molar-refractivity contribution >= 4 is 10.9 Å². The molecule has 0 atom stereocenters. The summed E-state index contributed by atoms with van der Waals surface area (Å²) >= 11 is 0. The molecular weight excluding hydrogens is 348 g/mol. The normalized spacial score (nSPS) is 12.0. The highest BCUT2D eigenvalue weighted by atomic mass is 16.5. The number of aryl methyl sites for hydroxylation is 2. The third kappa shape index (κ3) is 3.48. The topological polar surface area (TPSA) is 124 Å². The first-order valence-corrected chi connectivity index (χ1v) is 8.53. The molecule has 3 aromatic heterocycles. The third-order valence-electron chi connectivity index (χ3n) is 4.06. The number of nitrogens with one attached hydrogen (secondary N) is 1. The summed E-state index contributed by atoms with van der Waals surface area (Å²) in [5, 5.41) is 8.47. The van der Waals surface area contributed by atoms with E-state index >= 15 is 0 Å². The van der Waals surface area contributed by atoms with Gasteiger partial charge in [0.05, 0.1) is 17.2 Å². The van der Waals surface area contributed by atoms with Crippen LogP contribution in [0.3, 0.4) is 0 Å². The zero-order valence-electron chi connectivity index (χ0n) is 15.2. The number of benzene rings is 1. The van der Waals surface area contributed by atoms with Gasteiger partial charge in [0, 0.05) is 23.8 Å². The summed E-state index contributed by atoms with van der Waals surface area (Å²) in [7, 11) is 0. The molecule has 1 N–H and O–H groups in total. The summed E-state index contributed by atoms with van der Waals surface area (Å²) in [4.78, 5) is 27.4. The molecule has 27 heavy (non-hydrogen) atoms. The maximum Gasteiger partial charge on any atom is 0.258 e. The number of hydrogen-bond donors (Lipinski definition) is 1. The van der Waals surface area contributed by atoms with Crippen LogP contribution in [0.25, 0.3) is 22.3 Å². The largest absolute Gasteiger partial charge is 0.339 e. The lowest BCUT2D eigenvalue weighted by Crippen LogP contribution is -2.13. The van der Waals surface area contributed by atoms with Gasteiger partial charge in [0.25, 0.3) is 5.56 Å². The molecule has 0 radical (unpaired) electrons. The quantitative estimate of drug-likeness (QED) is 0.584. The first kappa shape index (κ1) is 17.1. The van der Waals surface area contributed by atoms with Crippen molar-refractivity contribution in [3.8, 4) is 11.4 Å². The van der Waals surface area contributed by atoms with Gasteiger partial charge >= 0.3 is 0 Å². The molecule has 138 valence electrons. The van der Waals surface area contributed by atoms with Gasteiger partial charge in [-0.3, -0.25) is 4.79 Å². The molecule has 0 aliphatic carbocycles. The molecule has 9 heteroatoms. The molecule has 0 saturated heterocycles. The molecule has 0 unspecified atom stereocenters. The molecule has 4 rings (SSSR count). The molecule has 9 nitrogen and oxygen atoms in total. The van der Waals surface area contributed by atoms with Crippen molar-refractivity contribution in [1.82, 2.24) is 30.2 Å². The molecule has 0 saturated carbocycles. The van der Waals surface area contributed by atoms with Crippen molar-refractivity contribution in [2.75, 3.05) is 0 Å². The molecule has 0 amide bonds. The maximum atomic E-state index is 11.9.